The molecule has 2 heterocycles. The van der Waals surface area contributed by atoms with E-state index in [0.717, 1.165) is 0 Å². The van der Waals surface area contributed by atoms with E-state index in [9.17, 15) is 14.7 Å². The number of hydrogen-bond donors (Lipinski definition) is 3. The molecular weight excluding hydrogens is 288 g/mol. The molecule has 2 atom stereocenters. The van der Waals surface area contributed by atoms with Gasteiger partial charge >= 0.3 is 5.97 Å². The number of aromatic nitrogens is 2. The molecule has 1 saturated heterocycles. The molecule has 8 heteroatoms. The zero-order chi connectivity index (χ0) is 16.4. The maximum absolute atomic E-state index is 12.2. The molecular formula is C14H20N4O4. The number of esters is 1. The molecule has 1 aromatic heterocycles. The van der Waals surface area contributed by atoms with E-state index in [4.69, 9.17) is 4.74 Å². The van der Waals surface area contributed by atoms with Crippen molar-refractivity contribution in [2.75, 3.05) is 0 Å². The van der Waals surface area contributed by atoms with Crippen LogP contribution in [0.3, 0.4) is 0 Å². The zero-order valence-corrected chi connectivity index (χ0v) is 12.8. The first-order valence-electron chi connectivity index (χ1n) is 6.99. The van der Waals surface area contributed by atoms with Gasteiger partial charge in [-0.2, -0.15) is 0 Å². The number of amides is 1. The highest BCUT2D eigenvalue weighted by atomic mass is 16.6. The van der Waals surface area contributed by atoms with Crippen molar-refractivity contribution in [3.05, 3.63) is 24.3 Å². The van der Waals surface area contributed by atoms with Crippen molar-refractivity contribution < 1.29 is 19.4 Å². The molecule has 2 rings (SSSR count). The smallest absolute Gasteiger partial charge is 0.306 e. The summed E-state index contributed by atoms with van der Waals surface area (Å²) in [4.78, 5) is 32.3. The molecule has 3 N–H and O–H groups in total. The Morgan fingerprint density at radius 3 is 2.55 bits per heavy atom. The molecule has 0 radical (unpaired) electrons. The average molecular weight is 308 g/mol. The number of ether oxygens (including phenoxy) is 1. The van der Waals surface area contributed by atoms with Crippen LogP contribution in [0.5, 0.6) is 0 Å². The number of nitrogens with zero attached hydrogens (tertiary/aromatic N) is 2. The second kappa shape index (κ2) is 5.98. The summed E-state index contributed by atoms with van der Waals surface area (Å²) in [5.41, 5.74) is -1.95. The van der Waals surface area contributed by atoms with Crippen molar-refractivity contribution in [1.29, 1.82) is 0 Å². The maximum Gasteiger partial charge on any atom is 0.306 e. The third-order valence-electron chi connectivity index (χ3n) is 3.11. The number of nitrogens with one attached hydrogen (secondary N) is 2. The van der Waals surface area contributed by atoms with E-state index in [1.54, 1.807) is 26.8 Å². The van der Waals surface area contributed by atoms with E-state index in [2.05, 4.69) is 20.6 Å². The van der Waals surface area contributed by atoms with E-state index >= 15 is 0 Å². The summed E-state index contributed by atoms with van der Waals surface area (Å²) in [5, 5.41) is 14.7. The Labute approximate surface area is 128 Å². The first-order chi connectivity index (χ1) is 10.2. The molecule has 0 spiro atoms. The van der Waals surface area contributed by atoms with Gasteiger partial charge in [-0.05, 0) is 33.3 Å². The number of carbonyl (C=O) groups is 2. The fourth-order valence-corrected chi connectivity index (χ4v) is 2.25. The lowest BCUT2D eigenvalue weighted by Gasteiger charge is -2.25. The predicted octanol–water partition coefficient (Wildman–Crippen LogP) is -0.211. The Morgan fingerprint density at radius 2 is 2.05 bits per heavy atom. The van der Waals surface area contributed by atoms with Gasteiger partial charge in [-0.1, -0.05) is 0 Å². The van der Waals surface area contributed by atoms with Gasteiger partial charge in [-0.15, -0.1) is 0 Å². The summed E-state index contributed by atoms with van der Waals surface area (Å²) in [7, 11) is 0. The van der Waals surface area contributed by atoms with E-state index in [1.807, 2.05) is 0 Å². The summed E-state index contributed by atoms with van der Waals surface area (Å²) in [6.45, 7) is 5.31. The van der Waals surface area contributed by atoms with Gasteiger partial charge in [-0.3, -0.25) is 14.9 Å². The Balaban J connectivity index is 2.17. The molecule has 2 unspecified atom stereocenters. The predicted molar refractivity (Wildman–Crippen MR) is 76.1 cm³/mol. The second-order valence-corrected chi connectivity index (χ2v) is 6.08. The highest BCUT2D eigenvalue weighted by Gasteiger charge is 2.49. The maximum atomic E-state index is 12.2. The quantitative estimate of drug-likeness (QED) is 0.659. The SMILES string of the molecule is CC(C)(C)OC(=O)CCC1(c2ncccn2)NC(O)NC1=O. The Kier molecular flexibility index (Phi) is 4.43. The van der Waals surface area contributed by atoms with Crippen molar-refractivity contribution in [2.24, 2.45) is 0 Å². The lowest BCUT2D eigenvalue weighted by Crippen LogP contribution is -2.46. The van der Waals surface area contributed by atoms with Crippen LogP contribution in [0, 0.1) is 0 Å². The van der Waals surface area contributed by atoms with Gasteiger partial charge in [0.2, 0.25) is 0 Å². The molecule has 1 aliphatic rings. The van der Waals surface area contributed by atoms with Crippen molar-refractivity contribution in [1.82, 2.24) is 20.6 Å². The number of aliphatic hydroxyl groups is 1. The number of rotatable bonds is 4. The molecule has 1 aromatic rings. The number of carbonyl (C=O) groups excluding carboxylic acids is 2. The molecule has 120 valence electrons. The summed E-state index contributed by atoms with van der Waals surface area (Å²) in [6, 6.07) is 1.62. The minimum atomic E-state index is -1.35. The summed E-state index contributed by atoms with van der Waals surface area (Å²) < 4.78 is 5.24. The number of hydrogen-bond acceptors (Lipinski definition) is 7. The fraction of sp³-hybridized carbons (Fsp3) is 0.571. The Morgan fingerprint density at radius 1 is 1.41 bits per heavy atom. The molecule has 22 heavy (non-hydrogen) atoms. The summed E-state index contributed by atoms with van der Waals surface area (Å²) in [5.74, 6) is -0.707. The van der Waals surface area contributed by atoms with Crippen molar-refractivity contribution in [3.8, 4) is 0 Å². The van der Waals surface area contributed by atoms with Crippen LogP contribution in [0.2, 0.25) is 0 Å². The van der Waals surface area contributed by atoms with Gasteiger partial charge in [0, 0.05) is 18.8 Å². The van der Waals surface area contributed by atoms with E-state index in [1.165, 1.54) is 12.4 Å². The first kappa shape index (κ1) is 16.3. The van der Waals surface area contributed by atoms with Crippen LogP contribution in [-0.2, 0) is 19.9 Å². The van der Waals surface area contributed by atoms with Gasteiger partial charge in [0.05, 0.1) is 0 Å². The summed E-state index contributed by atoms with van der Waals surface area (Å²) in [6.07, 6.45) is 1.85. The van der Waals surface area contributed by atoms with Crippen LogP contribution in [-0.4, -0.2) is 38.9 Å². The fourth-order valence-electron chi connectivity index (χ4n) is 2.25. The van der Waals surface area contributed by atoms with Crippen molar-refractivity contribution in [3.63, 3.8) is 0 Å². The van der Waals surface area contributed by atoms with E-state index < -0.39 is 29.4 Å². The average Bonchev–Trinajstić information content (AvgIpc) is 2.71. The standard InChI is InChI=1S/C14H20N4O4/c1-13(2,3)22-9(19)5-6-14(10-15-7-4-8-16-10)11(20)17-12(21)18-14/h4,7-8,12,18,21H,5-6H2,1-3H3,(H,17,20). The Bertz CT molecular complexity index is 558. The van der Waals surface area contributed by atoms with Crippen LogP contribution in [0.25, 0.3) is 0 Å². The molecule has 0 saturated carbocycles. The summed E-state index contributed by atoms with van der Waals surface area (Å²) >= 11 is 0. The second-order valence-electron chi connectivity index (χ2n) is 6.08. The zero-order valence-electron chi connectivity index (χ0n) is 12.8. The minimum absolute atomic E-state index is 0.0112. The van der Waals surface area contributed by atoms with E-state index in [0.29, 0.717) is 0 Å². The molecule has 0 aromatic carbocycles. The molecule has 1 amide bonds. The third kappa shape index (κ3) is 3.58. The van der Waals surface area contributed by atoms with Crippen molar-refractivity contribution in [2.45, 2.75) is 51.1 Å². The van der Waals surface area contributed by atoms with Crippen LogP contribution in [0.4, 0.5) is 0 Å². The minimum Gasteiger partial charge on any atom is -0.460 e. The van der Waals surface area contributed by atoms with Gasteiger partial charge < -0.3 is 15.2 Å². The van der Waals surface area contributed by atoms with Crippen LogP contribution >= 0.6 is 0 Å². The Hall–Kier alpha value is -2.06. The lowest BCUT2D eigenvalue weighted by molar-refractivity contribution is -0.155. The topological polar surface area (TPSA) is 113 Å². The van der Waals surface area contributed by atoms with Crippen LogP contribution in [0.15, 0.2) is 18.5 Å². The highest BCUT2D eigenvalue weighted by molar-refractivity contribution is 5.89. The molecule has 1 aliphatic heterocycles. The molecule has 0 bridgehead atoms. The van der Waals surface area contributed by atoms with Gasteiger partial charge in [0.1, 0.15) is 5.60 Å². The van der Waals surface area contributed by atoms with E-state index in [-0.39, 0.29) is 18.7 Å². The van der Waals surface area contributed by atoms with Crippen molar-refractivity contribution >= 4 is 11.9 Å². The normalized spacial score (nSPS) is 24.9. The highest BCUT2D eigenvalue weighted by Crippen LogP contribution is 2.28. The first-order valence-corrected chi connectivity index (χ1v) is 6.99. The van der Waals surface area contributed by atoms with Crippen LogP contribution < -0.4 is 10.6 Å². The van der Waals surface area contributed by atoms with Gasteiger partial charge in [-0.25, -0.2) is 9.97 Å². The molecule has 8 nitrogen and oxygen atoms in total. The van der Waals surface area contributed by atoms with Crippen LogP contribution in [0.1, 0.15) is 39.4 Å². The largest absolute Gasteiger partial charge is 0.460 e. The molecule has 1 fully saturated rings. The monoisotopic (exact) mass is 308 g/mol. The molecule has 0 aliphatic carbocycles. The van der Waals surface area contributed by atoms with Gasteiger partial charge in [0.25, 0.3) is 5.91 Å². The third-order valence-corrected chi connectivity index (χ3v) is 3.11. The number of aliphatic hydroxyl groups excluding tert-OH is 1. The van der Waals surface area contributed by atoms with Gasteiger partial charge in [0.15, 0.2) is 17.7 Å². The lowest BCUT2D eigenvalue weighted by atomic mass is 9.92.